The lowest BCUT2D eigenvalue weighted by Gasteiger charge is -2.38. The number of benzene rings is 2. The first-order valence-corrected chi connectivity index (χ1v) is 10.0. The number of aliphatic hydroxyl groups is 3. The minimum atomic E-state index is -1.86. The quantitative estimate of drug-likeness (QED) is 0.436. The first-order chi connectivity index (χ1) is 15.7. The Labute approximate surface area is 187 Å². The summed E-state index contributed by atoms with van der Waals surface area (Å²) in [5.74, 6) is -1.26. The average Bonchev–Trinajstić information content (AvgIpc) is 2.79. The molecule has 1 aliphatic rings. The first kappa shape index (κ1) is 22.7. The Morgan fingerprint density at radius 1 is 1.03 bits per heavy atom. The van der Waals surface area contributed by atoms with Crippen LogP contribution in [-0.4, -0.2) is 64.2 Å². The van der Waals surface area contributed by atoms with Crippen LogP contribution in [0, 0.1) is 6.92 Å². The van der Waals surface area contributed by atoms with Gasteiger partial charge in [-0.1, -0.05) is 30.3 Å². The Hall–Kier alpha value is -3.44. The van der Waals surface area contributed by atoms with Gasteiger partial charge in [0.2, 0.25) is 12.0 Å². The zero-order valence-electron chi connectivity index (χ0n) is 17.7. The lowest BCUT2D eigenvalue weighted by atomic mass is 9.99. The van der Waals surface area contributed by atoms with Gasteiger partial charge in [0, 0.05) is 11.6 Å². The smallest absolute Gasteiger partial charge is 0.335 e. The molecule has 174 valence electrons. The molecule has 2 heterocycles. The van der Waals surface area contributed by atoms with Crippen molar-refractivity contribution in [3.8, 4) is 22.8 Å². The lowest BCUT2D eigenvalue weighted by molar-refractivity contribution is -0.271. The molecule has 5 unspecified atom stereocenters. The van der Waals surface area contributed by atoms with E-state index in [1.807, 2.05) is 6.07 Å². The molecule has 0 aliphatic carbocycles. The predicted molar refractivity (Wildman–Crippen MR) is 114 cm³/mol. The maximum atomic E-state index is 12.9. The number of methoxy groups -OCH3 is 1. The highest BCUT2D eigenvalue weighted by atomic mass is 16.7. The van der Waals surface area contributed by atoms with Gasteiger partial charge in [0.15, 0.2) is 22.9 Å². The van der Waals surface area contributed by atoms with Crippen molar-refractivity contribution in [3.63, 3.8) is 0 Å². The molecule has 2 aromatic carbocycles. The minimum Gasteiger partial charge on any atom is -0.490 e. The molecule has 0 saturated carbocycles. The molecule has 5 atom stereocenters. The molecule has 1 fully saturated rings. The van der Waals surface area contributed by atoms with Gasteiger partial charge < -0.3 is 39.1 Å². The Balaban J connectivity index is 1.81. The topological polar surface area (TPSA) is 156 Å². The van der Waals surface area contributed by atoms with Gasteiger partial charge in [0.1, 0.15) is 24.1 Å². The van der Waals surface area contributed by atoms with E-state index in [0.29, 0.717) is 16.9 Å². The Morgan fingerprint density at radius 2 is 1.73 bits per heavy atom. The van der Waals surface area contributed by atoms with Crippen LogP contribution in [0.25, 0.3) is 22.3 Å². The molecule has 0 bridgehead atoms. The summed E-state index contributed by atoms with van der Waals surface area (Å²) in [6.45, 7) is 1.64. The van der Waals surface area contributed by atoms with E-state index in [1.54, 1.807) is 31.2 Å². The summed E-state index contributed by atoms with van der Waals surface area (Å²) >= 11 is 0. The normalized spacial score (nSPS) is 25.1. The fourth-order valence-corrected chi connectivity index (χ4v) is 3.77. The number of carbonyl (C=O) groups is 1. The molecule has 4 rings (SSSR count). The van der Waals surface area contributed by atoms with Crippen LogP contribution in [0.2, 0.25) is 0 Å². The third-order valence-corrected chi connectivity index (χ3v) is 5.44. The van der Waals surface area contributed by atoms with Gasteiger partial charge in [0.25, 0.3) is 0 Å². The Bertz CT molecular complexity index is 1240. The van der Waals surface area contributed by atoms with Crippen molar-refractivity contribution >= 4 is 16.9 Å². The largest absolute Gasteiger partial charge is 0.490 e. The number of rotatable bonds is 5. The average molecular weight is 458 g/mol. The summed E-state index contributed by atoms with van der Waals surface area (Å²) in [5.41, 5.74) is 0.903. The number of ether oxygens (including phenoxy) is 3. The maximum Gasteiger partial charge on any atom is 0.335 e. The van der Waals surface area contributed by atoms with E-state index in [4.69, 9.17) is 18.6 Å². The van der Waals surface area contributed by atoms with E-state index < -0.39 is 36.7 Å². The van der Waals surface area contributed by atoms with Gasteiger partial charge in [-0.15, -0.1) is 0 Å². The zero-order valence-corrected chi connectivity index (χ0v) is 17.7. The number of aliphatic carboxylic acids is 1. The highest BCUT2D eigenvalue weighted by Crippen LogP contribution is 2.39. The van der Waals surface area contributed by atoms with Crippen molar-refractivity contribution in [2.45, 2.75) is 37.6 Å². The van der Waals surface area contributed by atoms with Crippen molar-refractivity contribution in [1.29, 1.82) is 0 Å². The highest BCUT2D eigenvalue weighted by Gasteiger charge is 2.48. The van der Waals surface area contributed by atoms with Gasteiger partial charge in [-0.05, 0) is 18.6 Å². The van der Waals surface area contributed by atoms with E-state index in [2.05, 4.69) is 0 Å². The second-order valence-electron chi connectivity index (χ2n) is 7.62. The van der Waals surface area contributed by atoms with Crippen LogP contribution >= 0.6 is 0 Å². The molecule has 3 aromatic rings. The number of aryl methyl sites for hydroxylation is 1. The maximum absolute atomic E-state index is 12.9. The molecule has 4 N–H and O–H groups in total. The van der Waals surface area contributed by atoms with Crippen LogP contribution in [0.15, 0.2) is 51.7 Å². The van der Waals surface area contributed by atoms with Crippen molar-refractivity contribution in [1.82, 2.24) is 0 Å². The first-order valence-electron chi connectivity index (χ1n) is 10.0. The van der Waals surface area contributed by atoms with Gasteiger partial charge in [-0.2, -0.15) is 0 Å². The molecule has 1 saturated heterocycles. The van der Waals surface area contributed by atoms with Gasteiger partial charge in [-0.3, -0.25) is 4.79 Å². The molecule has 10 nitrogen and oxygen atoms in total. The molecular formula is C23H22O10. The predicted octanol–water partition coefficient (Wildman–Crippen LogP) is 1.05. The van der Waals surface area contributed by atoms with Crippen LogP contribution in [-0.2, 0) is 9.53 Å². The molecule has 1 aliphatic heterocycles. The van der Waals surface area contributed by atoms with Crippen LogP contribution in [0.5, 0.6) is 11.5 Å². The highest BCUT2D eigenvalue weighted by molar-refractivity contribution is 5.89. The van der Waals surface area contributed by atoms with Gasteiger partial charge >= 0.3 is 5.97 Å². The molecule has 0 spiro atoms. The van der Waals surface area contributed by atoms with Crippen molar-refractivity contribution in [2.75, 3.05) is 7.11 Å². The Morgan fingerprint density at radius 3 is 2.36 bits per heavy atom. The van der Waals surface area contributed by atoms with Crippen LogP contribution in [0.1, 0.15) is 5.56 Å². The third kappa shape index (κ3) is 4.05. The second-order valence-corrected chi connectivity index (χ2v) is 7.62. The number of carboxylic acids is 1. The number of carboxylic acid groups (broad SMARTS) is 1. The summed E-state index contributed by atoms with van der Waals surface area (Å²) in [6.07, 6.45) is -8.94. The number of fused-ring (bicyclic) bond motifs is 1. The molecule has 33 heavy (non-hydrogen) atoms. The van der Waals surface area contributed by atoms with E-state index >= 15 is 0 Å². The van der Waals surface area contributed by atoms with Crippen LogP contribution < -0.4 is 14.9 Å². The molecular weight excluding hydrogens is 436 g/mol. The summed E-state index contributed by atoms with van der Waals surface area (Å²) < 4.78 is 22.3. The number of hydrogen-bond acceptors (Lipinski definition) is 9. The SMILES string of the molecule is COc1c(OC2OC(C(=O)O)C(O)C(O)C2O)cc(C)c2c(=O)cc(-c3ccccc3)oc12. The monoisotopic (exact) mass is 458 g/mol. The van der Waals surface area contributed by atoms with E-state index in [1.165, 1.54) is 19.2 Å². The van der Waals surface area contributed by atoms with Crippen LogP contribution in [0.4, 0.5) is 0 Å². The van der Waals surface area contributed by atoms with Gasteiger partial charge in [-0.25, -0.2) is 4.79 Å². The van der Waals surface area contributed by atoms with Crippen molar-refractivity contribution in [3.05, 3.63) is 58.3 Å². The fraction of sp³-hybridized carbons (Fsp3) is 0.304. The lowest BCUT2D eigenvalue weighted by Crippen LogP contribution is -2.61. The van der Waals surface area contributed by atoms with Crippen LogP contribution in [0.3, 0.4) is 0 Å². The minimum absolute atomic E-state index is 0.00812. The van der Waals surface area contributed by atoms with E-state index in [9.17, 15) is 30.0 Å². The molecule has 10 heteroatoms. The van der Waals surface area contributed by atoms with Gasteiger partial charge in [0.05, 0.1) is 12.5 Å². The summed E-state index contributed by atoms with van der Waals surface area (Å²) in [7, 11) is 1.32. The zero-order chi connectivity index (χ0) is 23.9. The number of hydrogen-bond donors (Lipinski definition) is 4. The summed E-state index contributed by atoms with van der Waals surface area (Å²) in [5, 5.41) is 39.7. The van der Waals surface area contributed by atoms with Crippen molar-refractivity contribution < 1.29 is 43.8 Å². The summed E-state index contributed by atoms with van der Waals surface area (Å²) in [4.78, 5) is 24.2. The van der Waals surface area contributed by atoms with Crippen molar-refractivity contribution in [2.24, 2.45) is 0 Å². The molecule has 0 amide bonds. The standard InChI is InChI=1S/C23H22O10/c1-10-8-14(32-23-18(27)16(25)17(26)21(33-23)22(28)29)19(30-2)20-15(10)12(24)9-13(31-20)11-6-4-3-5-7-11/h3-9,16-18,21,23,25-27H,1-2H3,(H,28,29). The summed E-state index contributed by atoms with van der Waals surface area (Å²) in [6, 6.07) is 11.8. The third-order valence-electron chi connectivity index (χ3n) is 5.44. The van der Waals surface area contributed by atoms with E-state index in [0.717, 1.165) is 0 Å². The molecule has 1 aromatic heterocycles. The van der Waals surface area contributed by atoms with E-state index in [-0.39, 0.29) is 27.9 Å². The molecule has 0 radical (unpaired) electrons. The second kappa shape index (κ2) is 8.83. The Kier molecular flexibility index (Phi) is 6.09. The number of aliphatic hydroxyl groups excluding tert-OH is 3. The fourth-order valence-electron chi connectivity index (χ4n) is 3.77.